The Morgan fingerprint density at radius 2 is 2.00 bits per heavy atom. The molecule has 4 aromatic heterocycles. The summed E-state index contributed by atoms with van der Waals surface area (Å²) in [5.74, 6) is -1.64. The number of fused-ring (bicyclic) bond motifs is 2. The molecule has 7 nitrogen and oxygen atoms in total. The van der Waals surface area contributed by atoms with E-state index >= 15 is 4.39 Å². The molecule has 1 aromatic carbocycles. The van der Waals surface area contributed by atoms with Crippen molar-refractivity contribution in [3.05, 3.63) is 59.3 Å². The van der Waals surface area contributed by atoms with Crippen LogP contribution in [0.1, 0.15) is 29.9 Å². The van der Waals surface area contributed by atoms with Crippen molar-refractivity contribution < 1.29 is 8.78 Å². The van der Waals surface area contributed by atoms with Gasteiger partial charge in [-0.25, -0.2) is 8.78 Å². The third-order valence-corrected chi connectivity index (χ3v) is 5.84. The molecule has 29 heavy (non-hydrogen) atoms. The van der Waals surface area contributed by atoms with E-state index in [1.807, 2.05) is 20.2 Å². The smallest absolute Gasteiger partial charge is 0.235 e. The van der Waals surface area contributed by atoms with Crippen molar-refractivity contribution in [3.63, 3.8) is 0 Å². The number of pyridine rings is 1. The van der Waals surface area contributed by atoms with E-state index in [2.05, 4.69) is 25.4 Å². The Morgan fingerprint density at radius 1 is 1.17 bits per heavy atom. The molecule has 10 heteroatoms. The van der Waals surface area contributed by atoms with Gasteiger partial charge in [-0.1, -0.05) is 18.3 Å². The predicted molar refractivity (Wildman–Crippen MR) is 105 cm³/mol. The molecule has 0 radical (unpaired) electrons. The molecule has 0 bridgehead atoms. The molecule has 5 rings (SSSR count). The maximum atomic E-state index is 15.1. The summed E-state index contributed by atoms with van der Waals surface area (Å²) in [4.78, 5) is 4.58. The monoisotopic (exact) mass is 411 g/mol. The number of rotatable bonds is 3. The predicted octanol–water partition coefficient (Wildman–Crippen LogP) is 3.87. The van der Waals surface area contributed by atoms with Gasteiger partial charge in [0, 0.05) is 42.4 Å². The Hall–Kier alpha value is -3.27. The van der Waals surface area contributed by atoms with Gasteiger partial charge in [0.2, 0.25) is 4.96 Å². The second-order valence-electron chi connectivity index (χ2n) is 6.84. The second kappa shape index (κ2) is 6.38. The Kier molecular flexibility index (Phi) is 3.91. The first-order valence-electron chi connectivity index (χ1n) is 8.89. The van der Waals surface area contributed by atoms with Crippen LogP contribution < -0.4 is 0 Å². The highest BCUT2D eigenvalue weighted by molar-refractivity contribution is 7.19. The highest BCUT2D eigenvalue weighted by atomic mass is 32.1. The topological polar surface area (TPSA) is 73.8 Å². The van der Waals surface area contributed by atoms with Gasteiger partial charge < -0.3 is 0 Å². The maximum Gasteiger partial charge on any atom is 0.235 e. The summed E-state index contributed by atoms with van der Waals surface area (Å²) in [5, 5.41) is 18.2. The average molecular weight is 411 g/mol. The van der Waals surface area contributed by atoms with Crippen LogP contribution >= 0.6 is 11.3 Å². The molecule has 5 aromatic rings. The molecule has 0 spiro atoms. The zero-order valence-corrected chi connectivity index (χ0v) is 16.6. The van der Waals surface area contributed by atoms with Gasteiger partial charge in [-0.2, -0.15) is 14.7 Å². The molecule has 0 saturated carbocycles. The molecule has 0 aliphatic heterocycles. The van der Waals surface area contributed by atoms with Crippen LogP contribution in [0.3, 0.4) is 0 Å². The quantitative estimate of drug-likeness (QED) is 0.451. The average Bonchev–Trinajstić information content (AvgIpc) is 3.35. The standard InChI is InChI=1S/C19H15F2N7S/c1-9(15-13(20)7-14-11(16(15)21)5-4-6-22-14)17-23-24-19-28(17)26-18(29-19)12-8-27(3)25-10(12)2/h4-9H,1-3H3/t9-/m1/s1. The molecular weight excluding hydrogens is 396 g/mol. The van der Waals surface area contributed by atoms with Gasteiger partial charge in [-0.15, -0.1) is 10.2 Å². The Bertz CT molecular complexity index is 1380. The molecule has 0 aliphatic carbocycles. The third kappa shape index (κ3) is 2.70. The minimum Gasteiger partial charge on any atom is -0.275 e. The van der Waals surface area contributed by atoms with Crippen molar-refractivity contribution in [2.24, 2.45) is 7.05 Å². The molecule has 1 atom stereocenters. The fourth-order valence-electron chi connectivity index (χ4n) is 3.51. The van der Waals surface area contributed by atoms with E-state index in [1.54, 1.807) is 28.3 Å². The van der Waals surface area contributed by atoms with E-state index in [0.29, 0.717) is 10.8 Å². The molecule has 4 heterocycles. The van der Waals surface area contributed by atoms with Crippen LogP contribution in [0.4, 0.5) is 8.78 Å². The minimum atomic E-state index is -0.695. The van der Waals surface area contributed by atoms with E-state index in [-0.39, 0.29) is 16.5 Å². The lowest BCUT2D eigenvalue weighted by molar-refractivity contribution is 0.547. The van der Waals surface area contributed by atoms with Gasteiger partial charge in [-0.3, -0.25) is 9.67 Å². The Labute approximate surface area is 167 Å². The lowest BCUT2D eigenvalue weighted by atomic mass is 9.97. The summed E-state index contributed by atoms with van der Waals surface area (Å²) in [6.45, 7) is 3.59. The highest BCUT2D eigenvalue weighted by Gasteiger charge is 2.26. The lowest BCUT2D eigenvalue weighted by Gasteiger charge is -2.13. The van der Waals surface area contributed by atoms with Crippen LogP contribution in [0.15, 0.2) is 30.6 Å². The van der Waals surface area contributed by atoms with Gasteiger partial charge in [0.1, 0.15) is 11.6 Å². The summed E-state index contributed by atoms with van der Waals surface area (Å²) in [6, 6.07) is 4.45. The largest absolute Gasteiger partial charge is 0.275 e. The second-order valence-corrected chi connectivity index (χ2v) is 7.80. The normalized spacial score (nSPS) is 12.9. The first kappa shape index (κ1) is 17.8. The number of benzene rings is 1. The maximum absolute atomic E-state index is 15.1. The van der Waals surface area contributed by atoms with Crippen LogP contribution in [0, 0.1) is 18.6 Å². The van der Waals surface area contributed by atoms with Crippen molar-refractivity contribution in [2.75, 3.05) is 0 Å². The number of hydrogen-bond donors (Lipinski definition) is 0. The summed E-state index contributed by atoms with van der Waals surface area (Å²) in [7, 11) is 1.84. The molecule has 146 valence electrons. The Morgan fingerprint density at radius 3 is 2.76 bits per heavy atom. The fourth-order valence-corrected chi connectivity index (χ4v) is 4.42. The number of aryl methyl sites for hydroxylation is 2. The van der Waals surface area contributed by atoms with E-state index in [0.717, 1.165) is 16.3 Å². The molecule has 0 saturated heterocycles. The van der Waals surface area contributed by atoms with Gasteiger partial charge >= 0.3 is 0 Å². The van der Waals surface area contributed by atoms with Gasteiger partial charge in [0.25, 0.3) is 0 Å². The number of nitrogens with zero attached hydrogens (tertiary/aromatic N) is 7. The van der Waals surface area contributed by atoms with Crippen molar-refractivity contribution in [1.82, 2.24) is 34.6 Å². The Balaban J connectivity index is 1.65. The molecule has 0 amide bonds. The lowest BCUT2D eigenvalue weighted by Crippen LogP contribution is -2.08. The molecule has 0 unspecified atom stereocenters. The minimum absolute atomic E-state index is 0.0769. The summed E-state index contributed by atoms with van der Waals surface area (Å²) in [5.41, 5.74) is 1.92. The van der Waals surface area contributed by atoms with Gasteiger partial charge in [-0.05, 0) is 19.1 Å². The summed E-state index contributed by atoms with van der Waals surface area (Å²) in [6.07, 6.45) is 3.38. The molecule has 0 N–H and O–H groups in total. The molecule has 0 aliphatic rings. The molecule has 0 fully saturated rings. The fraction of sp³-hybridized carbons (Fsp3) is 0.211. The van der Waals surface area contributed by atoms with E-state index in [4.69, 9.17) is 0 Å². The van der Waals surface area contributed by atoms with Gasteiger partial charge in [0.15, 0.2) is 10.8 Å². The first-order chi connectivity index (χ1) is 13.9. The van der Waals surface area contributed by atoms with Crippen molar-refractivity contribution in [2.45, 2.75) is 19.8 Å². The first-order valence-corrected chi connectivity index (χ1v) is 9.71. The van der Waals surface area contributed by atoms with Crippen LogP contribution in [-0.2, 0) is 7.05 Å². The number of aromatic nitrogens is 7. The number of hydrogen-bond acceptors (Lipinski definition) is 6. The molecular formula is C19H15F2N7S. The van der Waals surface area contributed by atoms with Crippen molar-refractivity contribution >= 4 is 27.2 Å². The van der Waals surface area contributed by atoms with Crippen LogP contribution in [0.25, 0.3) is 26.4 Å². The third-order valence-electron chi connectivity index (χ3n) is 4.91. The highest BCUT2D eigenvalue weighted by Crippen LogP contribution is 2.34. The van der Waals surface area contributed by atoms with Gasteiger partial charge in [0.05, 0.1) is 16.8 Å². The van der Waals surface area contributed by atoms with Crippen LogP contribution in [-0.4, -0.2) is 34.6 Å². The zero-order valence-electron chi connectivity index (χ0n) is 15.8. The number of halogens is 2. The summed E-state index contributed by atoms with van der Waals surface area (Å²) < 4.78 is 33.2. The van der Waals surface area contributed by atoms with E-state index < -0.39 is 17.6 Å². The van der Waals surface area contributed by atoms with E-state index in [1.165, 1.54) is 23.6 Å². The zero-order chi connectivity index (χ0) is 20.3. The van der Waals surface area contributed by atoms with Crippen LogP contribution in [0.2, 0.25) is 0 Å². The van der Waals surface area contributed by atoms with Crippen molar-refractivity contribution in [1.29, 1.82) is 0 Å². The van der Waals surface area contributed by atoms with E-state index in [9.17, 15) is 4.39 Å². The summed E-state index contributed by atoms with van der Waals surface area (Å²) >= 11 is 1.35. The SMILES string of the molecule is Cc1nn(C)cc1-c1nn2c([C@H](C)c3c(F)cc4ncccc4c3F)nnc2s1. The van der Waals surface area contributed by atoms with Crippen molar-refractivity contribution in [3.8, 4) is 10.6 Å². The van der Waals surface area contributed by atoms with Crippen LogP contribution in [0.5, 0.6) is 0 Å².